The highest BCUT2D eigenvalue weighted by Crippen LogP contribution is 2.51. The summed E-state index contributed by atoms with van der Waals surface area (Å²) in [5.74, 6) is -2.25. The van der Waals surface area contributed by atoms with E-state index >= 15 is 0 Å². The lowest BCUT2D eigenvalue weighted by Crippen LogP contribution is -2.42. The minimum atomic E-state index is -4.62. The number of nitrogen functional groups attached to an aromatic ring is 1. The first-order valence-corrected chi connectivity index (χ1v) is 15.9. The molecule has 0 bridgehead atoms. The summed E-state index contributed by atoms with van der Waals surface area (Å²) in [6.45, 7) is 11.0. The summed E-state index contributed by atoms with van der Waals surface area (Å²) in [6, 6.07) is 3.27. The molecule has 2 aromatic rings. The van der Waals surface area contributed by atoms with Crippen LogP contribution >= 0.6 is 7.82 Å². The minimum Gasteiger partial charge on any atom is -0.457 e. The first-order valence-electron chi connectivity index (χ1n) is 14.4. The molecule has 0 radical (unpaired) electrons. The van der Waals surface area contributed by atoms with Crippen molar-refractivity contribution in [3.8, 4) is 0 Å². The normalized spacial score (nSPS) is 23.3. The lowest BCUT2D eigenvalue weighted by Gasteiger charge is -2.27. The van der Waals surface area contributed by atoms with E-state index in [0.29, 0.717) is 11.2 Å². The number of carbonyl (C=O) groups is 3. The Bertz CT molecular complexity index is 1410. The Hall–Kier alpha value is -3.14. The van der Waals surface area contributed by atoms with Gasteiger partial charge in [0.2, 0.25) is 13.6 Å². The molecule has 3 heterocycles. The van der Waals surface area contributed by atoms with Crippen LogP contribution in [0.3, 0.4) is 0 Å². The molecule has 5 atom stereocenters. The number of phosphoric ester groups is 1. The van der Waals surface area contributed by atoms with Crippen molar-refractivity contribution < 1.29 is 56.6 Å². The van der Waals surface area contributed by atoms with E-state index in [9.17, 15) is 24.1 Å². The monoisotopic (exact) mass is 658 g/mol. The van der Waals surface area contributed by atoms with Crippen LogP contribution in [-0.4, -0.2) is 76.1 Å². The van der Waals surface area contributed by atoms with Crippen LogP contribution in [0.2, 0.25) is 0 Å². The Labute approximate surface area is 261 Å². The zero-order chi connectivity index (χ0) is 33.7. The summed E-state index contributed by atoms with van der Waals surface area (Å²) < 4.78 is 52.8. The number of aliphatic hydroxyl groups is 1. The van der Waals surface area contributed by atoms with Crippen molar-refractivity contribution in [2.45, 2.75) is 85.7 Å². The number of aromatic nitrogens is 3. The predicted molar refractivity (Wildman–Crippen MR) is 157 cm³/mol. The molecule has 3 rings (SSSR count). The van der Waals surface area contributed by atoms with Gasteiger partial charge in [-0.2, -0.15) is 5.10 Å². The lowest BCUT2D eigenvalue weighted by molar-refractivity contribution is -0.162. The van der Waals surface area contributed by atoms with Gasteiger partial charge in [0.1, 0.15) is 29.7 Å². The van der Waals surface area contributed by atoms with Crippen molar-refractivity contribution >= 4 is 37.1 Å². The van der Waals surface area contributed by atoms with Crippen molar-refractivity contribution in [3.63, 3.8) is 0 Å². The first-order chi connectivity index (χ1) is 20.9. The molecule has 17 heteroatoms. The number of anilines is 1. The number of ether oxygens (including phenoxy) is 4. The third-order valence-corrected chi connectivity index (χ3v) is 8.07. The smallest absolute Gasteiger partial charge is 0.457 e. The van der Waals surface area contributed by atoms with Crippen LogP contribution in [0, 0.1) is 17.3 Å². The number of rotatable bonds is 14. The predicted octanol–water partition coefficient (Wildman–Crippen LogP) is 3.11. The second-order valence-corrected chi connectivity index (χ2v) is 14.1. The van der Waals surface area contributed by atoms with Gasteiger partial charge in [0.05, 0.1) is 23.6 Å². The standard InChI is InChI=1S/C28H43N4O12P/c1-16(2)11-21(33)43-22-19(44-28(8,23(22)34)20-10-9-18-24(29)30-13-31-32(18)20)12-40-45(37,41-14-38-25(35)17(3)4)42-15-39-26(36)27(5,6)7/h9-10,13,16-17,19,22-23,34H,11-12,14-15H2,1-8H3,(H2,29,30,31)/t19-,22-,23-,28+,45?/m1/s1. The Morgan fingerprint density at radius 3 is 2.36 bits per heavy atom. The van der Waals surface area contributed by atoms with Gasteiger partial charge in [0.25, 0.3) is 0 Å². The number of aliphatic hydroxyl groups excluding tert-OH is 1. The topological polar surface area (TPSA) is 209 Å². The minimum absolute atomic E-state index is 0.0429. The molecule has 1 unspecified atom stereocenters. The van der Waals surface area contributed by atoms with E-state index in [1.165, 1.54) is 10.8 Å². The van der Waals surface area contributed by atoms with Crippen molar-refractivity contribution in [2.24, 2.45) is 17.3 Å². The maximum absolute atomic E-state index is 13.6. The summed E-state index contributed by atoms with van der Waals surface area (Å²) in [5, 5.41) is 15.7. The Balaban J connectivity index is 1.87. The van der Waals surface area contributed by atoms with E-state index < -0.39 is 81.2 Å². The van der Waals surface area contributed by atoms with Gasteiger partial charge in [-0.05, 0) is 45.7 Å². The maximum Gasteiger partial charge on any atom is 0.480 e. The zero-order valence-corrected chi connectivity index (χ0v) is 27.6. The van der Waals surface area contributed by atoms with Crippen LogP contribution < -0.4 is 5.73 Å². The van der Waals surface area contributed by atoms with Gasteiger partial charge in [0, 0.05) is 6.42 Å². The fourth-order valence-corrected chi connectivity index (χ4v) is 5.18. The third-order valence-electron chi connectivity index (χ3n) is 6.76. The molecule has 1 aliphatic heterocycles. The molecule has 0 amide bonds. The molecule has 0 aliphatic carbocycles. The molecule has 0 saturated carbocycles. The van der Waals surface area contributed by atoms with Crippen LogP contribution in [0.15, 0.2) is 18.5 Å². The summed E-state index contributed by atoms with van der Waals surface area (Å²) >= 11 is 0. The highest BCUT2D eigenvalue weighted by molar-refractivity contribution is 7.48. The van der Waals surface area contributed by atoms with E-state index in [1.54, 1.807) is 53.7 Å². The maximum atomic E-state index is 13.6. The highest BCUT2D eigenvalue weighted by Gasteiger charge is 2.56. The molecule has 252 valence electrons. The zero-order valence-electron chi connectivity index (χ0n) is 26.8. The lowest BCUT2D eigenvalue weighted by atomic mass is 9.93. The van der Waals surface area contributed by atoms with Crippen molar-refractivity contribution in [3.05, 3.63) is 24.2 Å². The number of hydrogen-bond acceptors (Lipinski definition) is 15. The van der Waals surface area contributed by atoms with Crippen LogP contribution in [0.5, 0.6) is 0 Å². The number of nitrogens with zero attached hydrogens (tertiary/aromatic N) is 3. The number of hydrogen-bond donors (Lipinski definition) is 2. The molecule has 2 aromatic heterocycles. The quantitative estimate of drug-likeness (QED) is 0.129. The molecular formula is C28H43N4O12P. The first kappa shape index (κ1) is 36.3. The fraction of sp³-hybridized carbons (Fsp3) is 0.679. The average Bonchev–Trinajstić information content (AvgIpc) is 3.48. The van der Waals surface area contributed by atoms with E-state index in [2.05, 4.69) is 10.1 Å². The van der Waals surface area contributed by atoms with Crippen LogP contribution in [0.4, 0.5) is 5.82 Å². The second kappa shape index (κ2) is 14.5. The van der Waals surface area contributed by atoms with Crippen molar-refractivity contribution in [1.29, 1.82) is 0 Å². The number of nitrogens with two attached hydrogens (primary N) is 1. The molecule has 16 nitrogen and oxygen atoms in total. The van der Waals surface area contributed by atoms with Gasteiger partial charge in [-0.25, -0.2) is 23.1 Å². The van der Waals surface area contributed by atoms with Gasteiger partial charge in [-0.3, -0.25) is 18.9 Å². The number of carbonyl (C=O) groups excluding carboxylic acids is 3. The number of fused-ring (bicyclic) bond motifs is 1. The van der Waals surface area contributed by atoms with Crippen LogP contribution in [-0.2, 0) is 57.1 Å². The van der Waals surface area contributed by atoms with E-state index in [-0.39, 0.29) is 18.2 Å². The van der Waals surface area contributed by atoms with Crippen LogP contribution in [0.1, 0.15) is 67.5 Å². The van der Waals surface area contributed by atoms with E-state index in [1.807, 2.05) is 13.8 Å². The van der Waals surface area contributed by atoms with Gasteiger partial charge in [-0.1, -0.05) is 27.7 Å². The second-order valence-electron chi connectivity index (χ2n) is 12.5. The van der Waals surface area contributed by atoms with Crippen molar-refractivity contribution in [1.82, 2.24) is 14.6 Å². The number of phosphoric acid groups is 1. The Morgan fingerprint density at radius 2 is 1.76 bits per heavy atom. The molecule has 0 aromatic carbocycles. The van der Waals surface area contributed by atoms with Gasteiger partial charge >= 0.3 is 25.7 Å². The summed E-state index contributed by atoms with van der Waals surface area (Å²) in [5.41, 5.74) is 4.37. The largest absolute Gasteiger partial charge is 0.480 e. The number of esters is 3. The fourth-order valence-electron chi connectivity index (χ4n) is 4.26. The Morgan fingerprint density at radius 1 is 1.11 bits per heavy atom. The third kappa shape index (κ3) is 8.99. The molecule has 0 spiro atoms. The van der Waals surface area contributed by atoms with E-state index in [4.69, 9.17) is 38.3 Å². The summed E-state index contributed by atoms with van der Waals surface area (Å²) in [7, 11) is -4.62. The molecular weight excluding hydrogens is 615 g/mol. The van der Waals surface area contributed by atoms with E-state index in [0.717, 1.165) is 0 Å². The average molecular weight is 659 g/mol. The Kier molecular flexibility index (Phi) is 11.7. The van der Waals surface area contributed by atoms with Crippen molar-refractivity contribution in [2.75, 3.05) is 25.9 Å². The van der Waals surface area contributed by atoms with Crippen LogP contribution in [0.25, 0.3) is 5.52 Å². The summed E-state index contributed by atoms with van der Waals surface area (Å²) in [4.78, 5) is 40.8. The molecule has 45 heavy (non-hydrogen) atoms. The SMILES string of the molecule is CC(C)CC(=O)O[C@H]1[C@@H](O)[C@](C)(c2ccc3c(N)ncnn23)O[C@@H]1COP(=O)(OCOC(=O)C(C)C)OCOC(=O)C(C)(C)C. The van der Waals surface area contributed by atoms with Gasteiger partial charge in [-0.15, -0.1) is 0 Å². The van der Waals surface area contributed by atoms with Gasteiger partial charge < -0.3 is 29.8 Å². The molecule has 1 aliphatic rings. The molecule has 3 N–H and O–H groups in total. The van der Waals surface area contributed by atoms with Gasteiger partial charge in [0.15, 0.2) is 11.9 Å². The highest BCUT2D eigenvalue weighted by atomic mass is 31.2. The summed E-state index contributed by atoms with van der Waals surface area (Å²) in [6.07, 6.45) is -2.70. The molecule has 1 fully saturated rings. The molecule has 1 saturated heterocycles.